The molecule has 0 bridgehead atoms. The van der Waals surface area contributed by atoms with Gasteiger partial charge in [0.05, 0.1) is 6.54 Å². The fraction of sp³-hybridized carbons (Fsp3) is 0.133. The Morgan fingerprint density at radius 1 is 1.20 bits per heavy atom. The van der Waals surface area contributed by atoms with E-state index in [2.05, 4.69) is 4.98 Å². The molecular formula is C15H12ClFN2O. The van der Waals surface area contributed by atoms with Crippen molar-refractivity contribution in [1.29, 1.82) is 0 Å². The van der Waals surface area contributed by atoms with Crippen molar-refractivity contribution in [3.63, 3.8) is 0 Å². The molecule has 5 heteroatoms. The lowest BCUT2D eigenvalue weighted by Crippen LogP contribution is -2.17. The first-order valence-corrected chi connectivity index (χ1v) is 6.52. The van der Waals surface area contributed by atoms with Crippen molar-refractivity contribution in [3.05, 3.63) is 58.9 Å². The molecule has 0 aliphatic heterocycles. The van der Waals surface area contributed by atoms with Crippen molar-refractivity contribution in [3.8, 4) is 0 Å². The van der Waals surface area contributed by atoms with Gasteiger partial charge < -0.3 is 9.32 Å². The summed E-state index contributed by atoms with van der Waals surface area (Å²) in [6.45, 7) is 0.290. The first-order valence-electron chi connectivity index (χ1n) is 6.15. The molecule has 0 unspecified atom stereocenters. The molecule has 0 amide bonds. The minimum absolute atomic E-state index is 0.290. The number of hydrogen-bond acceptors (Lipinski definition) is 3. The van der Waals surface area contributed by atoms with E-state index in [1.165, 1.54) is 6.07 Å². The van der Waals surface area contributed by atoms with Gasteiger partial charge in [-0.3, -0.25) is 0 Å². The van der Waals surface area contributed by atoms with E-state index in [1.54, 1.807) is 24.1 Å². The standard InChI is InChI=1S/C15H12ClFN2O/c1-19(9-10-11(16)5-4-6-12(10)17)15-18-13-7-2-3-8-14(13)20-15/h2-8H,9H2,1H3. The molecule has 1 heterocycles. The highest BCUT2D eigenvalue weighted by Crippen LogP contribution is 2.25. The largest absolute Gasteiger partial charge is 0.423 e. The van der Waals surface area contributed by atoms with Crippen LogP contribution < -0.4 is 4.90 Å². The van der Waals surface area contributed by atoms with E-state index in [0.29, 0.717) is 28.7 Å². The van der Waals surface area contributed by atoms with Crippen LogP contribution in [-0.2, 0) is 6.54 Å². The topological polar surface area (TPSA) is 29.3 Å². The van der Waals surface area contributed by atoms with Crippen molar-refractivity contribution in [2.45, 2.75) is 6.54 Å². The Morgan fingerprint density at radius 2 is 2.00 bits per heavy atom. The average Bonchev–Trinajstić information content (AvgIpc) is 2.87. The predicted octanol–water partition coefficient (Wildman–Crippen LogP) is 4.26. The van der Waals surface area contributed by atoms with Gasteiger partial charge in [-0.1, -0.05) is 29.8 Å². The molecule has 0 fully saturated rings. The summed E-state index contributed by atoms with van der Waals surface area (Å²) < 4.78 is 19.4. The van der Waals surface area contributed by atoms with Gasteiger partial charge >= 0.3 is 0 Å². The Hall–Kier alpha value is -2.07. The maximum absolute atomic E-state index is 13.8. The van der Waals surface area contributed by atoms with E-state index in [-0.39, 0.29) is 5.82 Å². The highest BCUT2D eigenvalue weighted by atomic mass is 35.5. The molecule has 0 atom stereocenters. The third kappa shape index (κ3) is 2.34. The van der Waals surface area contributed by atoms with Crippen LogP contribution >= 0.6 is 11.6 Å². The van der Waals surface area contributed by atoms with Crippen LogP contribution in [0.3, 0.4) is 0 Å². The SMILES string of the molecule is CN(Cc1c(F)cccc1Cl)c1nc2ccccc2o1. The number of benzene rings is 2. The van der Waals surface area contributed by atoms with E-state index >= 15 is 0 Å². The van der Waals surface area contributed by atoms with Gasteiger partial charge in [-0.2, -0.15) is 4.98 Å². The number of halogens is 2. The second kappa shape index (κ2) is 5.13. The fourth-order valence-corrected chi connectivity index (χ4v) is 2.23. The minimum Gasteiger partial charge on any atom is -0.423 e. The van der Waals surface area contributed by atoms with E-state index < -0.39 is 0 Å². The number of rotatable bonds is 3. The molecule has 0 spiro atoms. The monoisotopic (exact) mass is 290 g/mol. The van der Waals surface area contributed by atoms with Crippen molar-refractivity contribution in [2.75, 3.05) is 11.9 Å². The van der Waals surface area contributed by atoms with E-state index in [0.717, 1.165) is 5.52 Å². The van der Waals surface area contributed by atoms with Gasteiger partial charge in [-0.15, -0.1) is 0 Å². The van der Waals surface area contributed by atoms with Gasteiger partial charge in [0.1, 0.15) is 11.3 Å². The summed E-state index contributed by atoms with van der Waals surface area (Å²) in [5.74, 6) is -0.333. The van der Waals surface area contributed by atoms with Crippen molar-refractivity contribution >= 4 is 28.7 Å². The summed E-state index contributed by atoms with van der Waals surface area (Å²) in [7, 11) is 1.79. The van der Waals surface area contributed by atoms with E-state index in [4.69, 9.17) is 16.0 Å². The van der Waals surface area contributed by atoms with Crippen LogP contribution in [0.2, 0.25) is 5.02 Å². The molecule has 20 heavy (non-hydrogen) atoms. The lowest BCUT2D eigenvalue weighted by atomic mass is 10.2. The first-order chi connectivity index (χ1) is 9.65. The van der Waals surface area contributed by atoms with Crippen LogP contribution in [0.1, 0.15) is 5.56 Å². The Morgan fingerprint density at radius 3 is 2.75 bits per heavy atom. The quantitative estimate of drug-likeness (QED) is 0.722. The van der Waals surface area contributed by atoms with Crippen molar-refractivity contribution < 1.29 is 8.81 Å². The number of para-hydroxylation sites is 2. The van der Waals surface area contributed by atoms with Gasteiger partial charge in [0.15, 0.2) is 5.58 Å². The Balaban J connectivity index is 1.91. The molecule has 0 saturated carbocycles. The van der Waals surface area contributed by atoms with Gasteiger partial charge in [0.2, 0.25) is 0 Å². The zero-order chi connectivity index (χ0) is 14.1. The Bertz CT molecular complexity index is 703. The maximum Gasteiger partial charge on any atom is 0.298 e. The highest BCUT2D eigenvalue weighted by Gasteiger charge is 2.14. The predicted molar refractivity (Wildman–Crippen MR) is 77.5 cm³/mol. The van der Waals surface area contributed by atoms with Crippen LogP contribution in [0.4, 0.5) is 10.4 Å². The summed E-state index contributed by atoms with van der Waals surface area (Å²) >= 11 is 6.02. The third-order valence-corrected chi connectivity index (χ3v) is 3.42. The van der Waals surface area contributed by atoms with Crippen molar-refractivity contribution in [2.24, 2.45) is 0 Å². The molecule has 0 radical (unpaired) electrons. The summed E-state index contributed by atoms with van der Waals surface area (Å²) in [4.78, 5) is 6.09. The average molecular weight is 291 g/mol. The van der Waals surface area contributed by atoms with Gasteiger partial charge in [0.25, 0.3) is 6.01 Å². The maximum atomic E-state index is 13.8. The zero-order valence-electron chi connectivity index (χ0n) is 10.8. The molecule has 0 saturated heterocycles. The van der Waals surface area contributed by atoms with Crippen LogP contribution in [0.25, 0.3) is 11.1 Å². The number of nitrogens with zero attached hydrogens (tertiary/aromatic N) is 2. The van der Waals surface area contributed by atoms with Crippen LogP contribution in [-0.4, -0.2) is 12.0 Å². The molecule has 3 rings (SSSR count). The van der Waals surface area contributed by atoms with Crippen LogP contribution in [0, 0.1) is 5.82 Å². The van der Waals surface area contributed by atoms with Crippen LogP contribution in [0.15, 0.2) is 46.9 Å². The number of oxazole rings is 1. The third-order valence-electron chi connectivity index (χ3n) is 3.07. The highest BCUT2D eigenvalue weighted by molar-refractivity contribution is 6.31. The molecular weight excluding hydrogens is 279 g/mol. The van der Waals surface area contributed by atoms with Crippen molar-refractivity contribution in [1.82, 2.24) is 4.98 Å². The summed E-state index contributed by atoms with van der Waals surface area (Å²) in [5, 5.41) is 0.396. The lowest BCUT2D eigenvalue weighted by molar-refractivity contribution is 0.570. The molecule has 3 nitrogen and oxygen atoms in total. The second-order valence-electron chi connectivity index (χ2n) is 4.52. The molecule has 1 aromatic heterocycles. The lowest BCUT2D eigenvalue weighted by Gasteiger charge is -2.15. The summed E-state index contributed by atoms with van der Waals surface area (Å²) in [5.41, 5.74) is 1.90. The van der Waals surface area contributed by atoms with E-state index in [1.807, 2.05) is 24.3 Å². The normalized spacial score (nSPS) is 10.9. The van der Waals surface area contributed by atoms with Gasteiger partial charge in [-0.25, -0.2) is 4.39 Å². The molecule has 102 valence electrons. The summed E-state index contributed by atoms with van der Waals surface area (Å²) in [6, 6.07) is 12.6. The molecule has 0 aliphatic carbocycles. The second-order valence-corrected chi connectivity index (χ2v) is 4.93. The van der Waals surface area contributed by atoms with E-state index in [9.17, 15) is 4.39 Å². The molecule has 3 aromatic rings. The van der Waals surface area contributed by atoms with Crippen LogP contribution in [0.5, 0.6) is 0 Å². The zero-order valence-corrected chi connectivity index (χ0v) is 11.6. The number of aromatic nitrogens is 1. The smallest absolute Gasteiger partial charge is 0.298 e. The Kier molecular flexibility index (Phi) is 3.32. The first kappa shape index (κ1) is 12.9. The number of hydrogen-bond donors (Lipinski definition) is 0. The fourth-order valence-electron chi connectivity index (χ4n) is 2.01. The van der Waals surface area contributed by atoms with Gasteiger partial charge in [-0.05, 0) is 24.3 Å². The molecule has 0 aliphatic rings. The molecule has 0 N–H and O–H groups in total. The molecule has 2 aromatic carbocycles. The number of anilines is 1. The van der Waals surface area contributed by atoms with Gasteiger partial charge in [0, 0.05) is 17.6 Å². The number of fused-ring (bicyclic) bond motifs is 1. The summed E-state index contributed by atoms with van der Waals surface area (Å²) in [6.07, 6.45) is 0. The minimum atomic E-state index is -0.333. The Labute approximate surface area is 120 Å².